The van der Waals surface area contributed by atoms with Crippen molar-refractivity contribution in [2.24, 2.45) is 0 Å². The summed E-state index contributed by atoms with van der Waals surface area (Å²) in [5, 5.41) is 8.51. The van der Waals surface area contributed by atoms with Crippen LogP contribution in [0.5, 0.6) is 0 Å². The molecule has 0 radical (unpaired) electrons. The molecule has 0 aromatic heterocycles. The van der Waals surface area contributed by atoms with Crippen LogP contribution < -0.4 is 11.2 Å². The van der Waals surface area contributed by atoms with E-state index in [-0.39, 0.29) is 0 Å². The largest absolute Gasteiger partial charge is 0.397 e. The van der Waals surface area contributed by atoms with Gasteiger partial charge < -0.3 is 5.73 Å². The molecule has 0 saturated carbocycles. The molecule has 4 N–H and O–H groups in total. The van der Waals surface area contributed by atoms with Crippen LogP contribution in [0.3, 0.4) is 0 Å². The Bertz CT molecular complexity index is 235. The van der Waals surface area contributed by atoms with Crippen molar-refractivity contribution in [3.63, 3.8) is 0 Å². The number of aryl methyl sites for hydroxylation is 1. The van der Waals surface area contributed by atoms with Crippen molar-refractivity contribution in [2.75, 3.05) is 11.2 Å². The molecule has 1 aromatic rings. The van der Waals surface area contributed by atoms with E-state index < -0.39 is 0 Å². The highest BCUT2D eigenvalue weighted by molar-refractivity contribution is 5.68. The van der Waals surface area contributed by atoms with E-state index in [0.29, 0.717) is 11.4 Å². The first-order valence-electron chi connectivity index (χ1n) is 3.01. The summed E-state index contributed by atoms with van der Waals surface area (Å²) in [4.78, 5) is 0. The summed E-state index contributed by atoms with van der Waals surface area (Å²) >= 11 is 0. The zero-order valence-corrected chi connectivity index (χ0v) is 5.76. The van der Waals surface area contributed by atoms with Gasteiger partial charge in [-0.05, 0) is 18.6 Å². The third kappa shape index (κ3) is 1.04. The van der Waals surface area contributed by atoms with Gasteiger partial charge in [-0.15, -0.1) is 0 Å². The van der Waals surface area contributed by atoms with E-state index in [2.05, 4.69) is 0 Å². The molecule has 0 atom stereocenters. The van der Waals surface area contributed by atoms with E-state index in [0.717, 1.165) is 5.56 Å². The van der Waals surface area contributed by atoms with E-state index in [9.17, 15) is 0 Å². The van der Waals surface area contributed by atoms with Gasteiger partial charge in [0.15, 0.2) is 0 Å². The summed E-state index contributed by atoms with van der Waals surface area (Å²) in [5.74, 6) is 0. The minimum absolute atomic E-state index is 0.556. The Morgan fingerprint density at radius 3 is 2.70 bits per heavy atom. The minimum Gasteiger partial charge on any atom is -0.397 e. The van der Waals surface area contributed by atoms with Gasteiger partial charge in [-0.2, -0.15) is 0 Å². The van der Waals surface area contributed by atoms with Gasteiger partial charge in [0.2, 0.25) is 0 Å². The van der Waals surface area contributed by atoms with Crippen molar-refractivity contribution in [1.29, 1.82) is 0 Å². The van der Waals surface area contributed by atoms with Gasteiger partial charge in [-0.25, -0.2) is 0 Å². The lowest BCUT2D eigenvalue weighted by molar-refractivity contribution is 0.389. The van der Waals surface area contributed by atoms with E-state index >= 15 is 0 Å². The van der Waals surface area contributed by atoms with E-state index in [4.69, 9.17) is 10.9 Å². The van der Waals surface area contributed by atoms with E-state index in [1.54, 1.807) is 6.07 Å². The van der Waals surface area contributed by atoms with Crippen molar-refractivity contribution in [2.45, 2.75) is 6.92 Å². The van der Waals surface area contributed by atoms with Crippen molar-refractivity contribution in [3.8, 4) is 0 Å². The maximum absolute atomic E-state index is 8.51. The van der Waals surface area contributed by atoms with Gasteiger partial charge in [0.25, 0.3) is 0 Å². The lowest BCUT2D eigenvalue weighted by Gasteiger charge is -2.04. The fourth-order valence-electron chi connectivity index (χ4n) is 0.778. The minimum atomic E-state index is 0.556. The standard InChI is InChI=1S/C7H10N2O/c1-5-3-2-4-6(9-10)7(5)8/h2-4,9-10H,8H2,1H3. The van der Waals surface area contributed by atoms with Crippen LogP contribution in [-0.4, -0.2) is 5.21 Å². The molecule has 0 unspecified atom stereocenters. The van der Waals surface area contributed by atoms with E-state index in [1.165, 1.54) is 0 Å². The number of hydrogen-bond donors (Lipinski definition) is 3. The highest BCUT2D eigenvalue weighted by atomic mass is 16.5. The summed E-state index contributed by atoms with van der Waals surface area (Å²) in [6.07, 6.45) is 0. The van der Waals surface area contributed by atoms with Crippen molar-refractivity contribution >= 4 is 11.4 Å². The third-order valence-electron chi connectivity index (χ3n) is 1.44. The van der Waals surface area contributed by atoms with Crippen LogP contribution in [0.25, 0.3) is 0 Å². The molecule has 0 amide bonds. The normalized spacial score (nSPS) is 9.40. The molecule has 1 rings (SSSR count). The molecular formula is C7H10N2O. The number of nitrogens with two attached hydrogens (primary N) is 1. The third-order valence-corrected chi connectivity index (χ3v) is 1.44. The van der Waals surface area contributed by atoms with Gasteiger partial charge in [0, 0.05) is 0 Å². The second-order valence-corrected chi connectivity index (χ2v) is 2.15. The molecule has 0 aliphatic rings. The molecule has 0 aliphatic heterocycles. The Hall–Kier alpha value is -1.22. The Labute approximate surface area is 59.4 Å². The second kappa shape index (κ2) is 2.58. The fourth-order valence-corrected chi connectivity index (χ4v) is 0.778. The van der Waals surface area contributed by atoms with Crippen LogP contribution in [0, 0.1) is 6.92 Å². The maximum Gasteiger partial charge on any atom is 0.0834 e. The zero-order valence-electron chi connectivity index (χ0n) is 5.76. The van der Waals surface area contributed by atoms with Crippen LogP contribution in [0.15, 0.2) is 18.2 Å². The Morgan fingerprint density at radius 2 is 2.20 bits per heavy atom. The van der Waals surface area contributed by atoms with E-state index in [1.807, 2.05) is 24.5 Å². The van der Waals surface area contributed by atoms with Crippen molar-refractivity contribution in [3.05, 3.63) is 23.8 Å². The number of anilines is 2. The van der Waals surface area contributed by atoms with Crippen LogP contribution in [0.1, 0.15) is 5.56 Å². The Morgan fingerprint density at radius 1 is 1.50 bits per heavy atom. The first kappa shape index (κ1) is 6.89. The molecule has 0 aliphatic carbocycles. The average Bonchev–Trinajstić information content (AvgIpc) is 1.95. The quantitative estimate of drug-likeness (QED) is 0.406. The number of benzene rings is 1. The number of para-hydroxylation sites is 1. The molecule has 0 heterocycles. The van der Waals surface area contributed by atoms with Gasteiger partial charge in [-0.1, -0.05) is 12.1 Å². The number of hydrogen-bond acceptors (Lipinski definition) is 3. The molecule has 0 fully saturated rings. The molecule has 0 saturated heterocycles. The van der Waals surface area contributed by atoms with Gasteiger partial charge >= 0.3 is 0 Å². The summed E-state index contributed by atoms with van der Waals surface area (Å²) in [6.45, 7) is 1.89. The summed E-state index contributed by atoms with van der Waals surface area (Å²) < 4.78 is 0. The lowest BCUT2D eigenvalue weighted by Crippen LogP contribution is -1.97. The predicted octanol–water partition coefficient (Wildman–Crippen LogP) is 1.38. The van der Waals surface area contributed by atoms with Gasteiger partial charge in [0.1, 0.15) is 0 Å². The molecule has 1 aromatic carbocycles. The second-order valence-electron chi connectivity index (χ2n) is 2.15. The first-order chi connectivity index (χ1) is 4.75. The smallest absolute Gasteiger partial charge is 0.0834 e. The molecule has 54 valence electrons. The lowest BCUT2D eigenvalue weighted by atomic mass is 10.2. The molecule has 3 nitrogen and oxygen atoms in total. The Balaban J connectivity index is 3.14. The fraction of sp³-hybridized carbons (Fsp3) is 0.143. The van der Waals surface area contributed by atoms with Gasteiger partial charge in [0.05, 0.1) is 11.4 Å². The van der Waals surface area contributed by atoms with Crippen LogP contribution in [0.2, 0.25) is 0 Å². The van der Waals surface area contributed by atoms with Gasteiger partial charge in [-0.3, -0.25) is 10.7 Å². The Kier molecular flexibility index (Phi) is 1.78. The highest BCUT2D eigenvalue weighted by Gasteiger charge is 1.97. The number of rotatable bonds is 1. The summed E-state index contributed by atoms with van der Waals surface area (Å²) in [7, 11) is 0. The number of nitrogen functional groups attached to an aromatic ring is 1. The molecule has 0 bridgehead atoms. The predicted molar refractivity (Wildman–Crippen MR) is 41.0 cm³/mol. The monoisotopic (exact) mass is 138 g/mol. The molecule has 3 heteroatoms. The highest BCUT2D eigenvalue weighted by Crippen LogP contribution is 2.20. The molecular weight excluding hydrogens is 128 g/mol. The van der Waals surface area contributed by atoms with Crippen molar-refractivity contribution in [1.82, 2.24) is 0 Å². The number of nitrogens with one attached hydrogen (secondary N) is 1. The topological polar surface area (TPSA) is 58.3 Å². The molecule has 0 spiro atoms. The molecule has 10 heavy (non-hydrogen) atoms. The maximum atomic E-state index is 8.51. The SMILES string of the molecule is Cc1cccc(NO)c1N. The van der Waals surface area contributed by atoms with Crippen LogP contribution in [0.4, 0.5) is 11.4 Å². The first-order valence-corrected chi connectivity index (χ1v) is 3.01. The average molecular weight is 138 g/mol. The van der Waals surface area contributed by atoms with Crippen LogP contribution >= 0.6 is 0 Å². The zero-order chi connectivity index (χ0) is 7.56. The summed E-state index contributed by atoms with van der Waals surface area (Å²) in [5.41, 5.74) is 9.68. The van der Waals surface area contributed by atoms with Crippen LogP contribution in [-0.2, 0) is 0 Å². The van der Waals surface area contributed by atoms with Crippen molar-refractivity contribution < 1.29 is 5.21 Å². The summed E-state index contributed by atoms with van der Waals surface area (Å²) in [6, 6.07) is 5.42.